The second kappa shape index (κ2) is 80.5. The molecule has 0 aromatic rings. The first-order valence-electron chi connectivity index (χ1n) is 41.8. The van der Waals surface area contributed by atoms with Crippen LogP contribution in [0.2, 0.25) is 0 Å². The molecule has 0 saturated carbocycles. The molecular weight excluding hydrogens is 1110 g/mol. The predicted molar refractivity (Wildman–Crippen MR) is 403 cm³/mol. The van der Waals surface area contributed by atoms with Crippen molar-refractivity contribution in [1.29, 1.82) is 0 Å². The van der Waals surface area contributed by atoms with Gasteiger partial charge < -0.3 is 20.3 Å². The molecule has 0 fully saturated rings. The Morgan fingerprint density at radius 2 is 0.549 bits per heavy atom. The number of aliphatic hydroxyl groups excluding tert-OH is 2. The summed E-state index contributed by atoms with van der Waals surface area (Å²) in [4.78, 5) is 24.7. The van der Waals surface area contributed by atoms with Crippen LogP contribution in [-0.4, -0.2) is 47.4 Å². The van der Waals surface area contributed by atoms with Gasteiger partial charge in [0.1, 0.15) is 0 Å². The van der Waals surface area contributed by atoms with E-state index in [1.165, 1.54) is 398 Å². The number of nitrogens with one attached hydrogen (secondary N) is 1. The monoisotopic (exact) mass is 1280 g/mol. The van der Waals surface area contributed by atoms with E-state index in [2.05, 4.69) is 43.5 Å². The minimum atomic E-state index is -0.846. The molecule has 538 valence electrons. The largest absolute Gasteiger partial charge is 0.466 e. The van der Waals surface area contributed by atoms with Gasteiger partial charge in [0.15, 0.2) is 0 Å². The molecule has 1 amide bonds. The number of hydrogen-bond acceptors (Lipinski definition) is 5. The van der Waals surface area contributed by atoms with Crippen molar-refractivity contribution < 1.29 is 24.5 Å². The summed E-state index contributed by atoms with van der Waals surface area (Å²) in [5.41, 5.74) is 0. The topological polar surface area (TPSA) is 95.9 Å². The van der Waals surface area contributed by atoms with E-state index in [1.54, 1.807) is 6.08 Å². The molecule has 6 heteroatoms. The maximum absolute atomic E-state index is 12.6. The molecule has 0 aromatic heterocycles. The van der Waals surface area contributed by atoms with E-state index in [0.717, 1.165) is 44.9 Å². The highest BCUT2D eigenvalue weighted by Crippen LogP contribution is 2.20. The molecule has 2 atom stereocenters. The van der Waals surface area contributed by atoms with Gasteiger partial charge in [-0.25, -0.2) is 0 Å². The van der Waals surface area contributed by atoms with Crippen LogP contribution in [0.25, 0.3) is 0 Å². The van der Waals surface area contributed by atoms with E-state index < -0.39 is 12.1 Å². The Hall–Kier alpha value is -1.92. The highest BCUT2D eigenvalue weighted by molar-refractivity contribution is 5.76. The Bertz CT molecular complexity index is 1470. The van der Waals surface area contributed by atoms with Crippen LogP contribution in [0.4, 0.5) is 0 Å². The zero-order valence-electron chi connectivity index (χ0n) is 61.9. The van der Waals surface area contributed by atoms with Crippen LogP contribution < -0.4 is 5.32 Å². The minimum absolute atomic E-state index is 0.0183. The van der Waals surface area contributed by atoms with Crippen molar-refractivity contribution in [3.05, 3.63) is 36.5 Å². The lowest BCUT2D eigenvalue weighted by Gasteiger charge is -2.20. The summed E-state index contributed by atoms with van der Waals surface area (Å²) >= 11 is 0. The summed E-state index contributed by atoms with van der Waals surface area (Å²) in [6.07, 6.45) is 106. The fourth-order valence-corrected chi connectivity index (χ4v) is 13.3. The van der Waals surface area contributed by atoms with Crippen LogP contribution in [0, 0.1) is 0 Å². The van der Waals surface area contributed by atoms with Crippen molar-refractivity contribution >= 4 is 11.9 Å². The molecule has 6 nitrogen and oxygen atoms in total. The molecule has 0 spiro atoms. The molecule has 0 rings (SSSR count). The second-order valence-corrected chi connectivity index (χ2v) is 28.8. The van der Waals surface area contributed by atoms with Gasteiger partial charge in [-0.1, -0.05) is 429 Å². The van der Waals surface area contributed by atoms with E-state index in [4.69, 9.17) is 4.74 Å². The van der Waals surface area contributed by atoms with Gasteiger partial charge in [-0.2, -0.15) is 0 Å². The molecule has 0 aliphatic heterocycles. The van der Waals surface area contributed by atoms with Crippen molar-refractivity contribution in [2.75, 3.05) is 13.2 Å². The van der Waals surface area contributed by atoms with Crippen LogP contribution in [-0.2, 0) is 14.3 Å². The number of amides is 1. The number of aliphatic hydroxyl groups is 2. The summed E-state index contributed by atoms with van der Waals surface area (Å²) in [5, 5.41) is 23.3. The van der Waals surface area contributed by atoms with E-state index in [9.17, 15) is 19.8 Å². The van der Waals surface area contributed by atoms with E-state index in [-0.39, 0.29) is 18.5 Å². The number of allylic oxidation sites excluding steroid dienone is 5. The average Bonchev–Trinajstić information content (AvgIpc) is 3.64. The summed E-state index contributed by atoms with van der Waals surface area (Å²) in [6, 6.07) is -0.630. The Morgan fingerprint density at radius 3 is 0.835 bits per heavy atom. The third-order valence-electron chi connectivity index (χ3n) is 19.7. The molecule has 0 aliphatic rings. The standard InChI is InChI=1S/C85H163NO5/c1-3-5-7-9-11-13-15-17-19-21-23-24-25-33-36-39-42-45-49-53-57-61-65-69-73-77-83(88)82(81-87)86-84(89)78-74-70-66-62-58-54-50-46-43-40-37-34-31-29-27-26-28-30-32-35-38-41-44-48-52-56-60-64-68-72-76-80-91-85(90)79-75-71-67-63-59-55-51-47-22-20-18-16-14-12-10-8-6-4-2/h28,30,35,38,73,77,82-83,87-88H,3-27,29,31-34,36-37,39-72,74-76,78-81H2,1-2H3,(H,86,89)/b30-28-,38-35-,77-73+. The SMILES string of the molecule is CCCCCCCCCCCCCCCCCCCCCCCCC/C=C/C(O)C(CO)NC(=O)CCCCCCCCCCCCCCCCC/C=C\C/C=C\CCCCCCCCCCCOC(=O)CCCCCCCCCCCCCCCCCCCC. The average molecular weight is 1280 g/mol. The number of carbonyl (C=O) groups is 2. The van der Waals surface area contributed by atoms with Gasteiger partial charge in [-0.05, 0) is 64.2 Å². The fraction of sp³-hybridized carbons (Fsp3) is 0.906. The fourth-order valence-electron chi connectivity index (χ4n) is 13.3. The lowest BCUT2D eigenvalue weighted by molar-refractivity contribution is -0.143. The van der Waals surface area contributed by atoms with Crippen molar-refractivity contribution in [2.24, 2.45) is 0 Å². The molecule has 0 aromatic carbocycles. The number of rotatable bonds is 79. The molecule has 0 aliphatic carbocycles. The highest BCUT2D eigenvalue weighted by Gasteiger charge is 2.18. The summed E-state index contributed by atoms with van der Waals surface area (Å²) in [7, 11) is 0. The molecule has 91 heavy (non-hydrogen) atoms. The van der Waals surface area contributed by atoms with Gasteiger partial charge in [0.05, 0.1) is 25.4 Å². The summed E-state index contributed by atoms with van der Waals surface area (Å²) in [5.74, 6) is -0.0438. The maximum Gasteiger partial charge on any atom is 0.305 e. The van der Waals surface area contributed by atoms with Gasteiger partial charge in [0.2, 0.25) is 5.91 Å². The van der Waals surface area contributed by atoms with Crippen LogP contribution >= 0.6 is 0 Å². The Kier molecular flexibility index (Phi) is 78.8. The lowest BCUT2D eigenvalue weighted by Crippen LogP contribution is -2.45. The van der Waals surface area contributed by atoms with Crippen molar-refractivity contribution in [2.45, 2.75) is 482 Å². The van der Waals surface area contributed by atoms with Crippen molar-refractivity contribution in [3.8, 4) is 0 Å². The van der Waals surface area contributed by atoms with Crippen LogP contribution in [0.15, 0.2) is 36.5 Å². The van der Waals surface area contributed by atoms with Crippen LogP contribution in [0.3, 0.4) is 0 Å². The molecule has 0 saturated heterocycles. The van der Waals surface area contributed by atoms with Crippen molar-refractivity contribution in [1.82, 2.24) is 5.32 Å². The van der Waals surface area contributed by atoms with Gasteiger partial charge in [0, 0.05) is 12.8 Å². The summed E-state index contributed by atoms with van der Waals surface area (Å²) < 4.78 is 5.51. The number of ether oxygens (including phenoxy) is 1. The molecule has 3 N–H and O–H groups in total. The smallest absolute Gasteiger partial charge is 0.305 e. The predicted octanol–water partition coefficient (Wildman–Crippen LogP) is 27.8. The van der Waals surface area contributed by atoms with E-state index in [1.807, 2.05) is 6.08 Å². The lowest BCUT2D eigenvalue weighted by atomic mass is 10.0. The molecule has 0 radical (unpaired) electrons. The number of hydrogen-bond donors (Lipinski definition) is 3. The maximum atomic E-state index is 12.6. The third kappa shape index (κ3) is 77.0. The van der Waals surface area contributed by atoms with Crippen molar-refractivity contribution in [3.63, 3.8) is 0 Å². The highest BCUT2D eigenvalue weighted by atomic mass is 16.5. The molecular formula is C85H163NO5. The quantitative estimate of drug-likeness (QED) is 0.0320. The first-order chi connectivity index (χ1) is 45.0. The first-order valence-corrected chi connectivity index (χ1v) is 41.8. The van der Waals surface area contributed by atoms with Gasteiger partial charge in [-0.3, -0.25) is 9.59 Å². The Morgan fingerprint density at radius 1 is 0.308 bits per heavy atom. The Balaban J connectivity index is 3.40. The number of esters is 1. The van der Waals surface area contributed by atoms with E-state index in [0.29, 0.717) is 19.4 Å². The van der Waals surface area contributed by atoms with Crippen LogP contribution in [0.1, 0.15) is 470 Å². The van der Waals surface area contributed by atoms with Gasteiger partial charge in [-0.15, -0.1) is 0 Å². The molecule has 0 bridgehead atoms. The molecule has 0 heterocycles. The molecule has 2 unspecified atom stereocenters. The third-order valence-corrected chi connectivity index (χ3v) is 19.7. The minimum Gasteiger partial charge on any atom is -0.466 e. The summed E-state index contributed by atoms with van der Waals surface area (Å²) in [6.45, 7) is 4.96. The Labute approximate surface area is 570 Å². The van der Waals surface area contributed by atoms with E-state index >= 15 is 0 Å². The van der Waals surface area contributed by atoms with Crippen LogP contribution in [0.5, 0.6) is 0 Å². The van der Waals surface area contributed by atoms with Gasteiger partial charge >= 0.3 is 5.97 Å². The van der Waals surface area contributed by atoms with Gasteiger partial charge in [0.25, 0.3) is 0 Å². The number of unbranched alkanes of at least 4 members (excludes halogenated alkanes) is 64. The normalized spacial score (nSPS) is 12.6. The zero-order valence-corrected chi connectivity index (χ0v) is 61.9. The number of carbonyl (C=O) groups excluding carboxylic acids is 2. The first kappa shape index (κ1) is 89.1. The zero-order chi connectivity index (χ0) is 65.6. The second-order valence-electron chi connectivity index (χ2n) is 28.8.